The molecule has 4 heterocycles. The molecule has 4 aromatic heterocycles. The lowest BCUT2D eigenvalue weighted by molar-refractivity contribution is -0.386. The number of hydrogen-bond donors (Lipinski definition) is 5. The number of methoxy groups -OCH3 is 6. The molecule has 40 heteroatoms. The first-order valence-electron chi connectivity index (χ1n) is 25.8. The number of halogens is 1. The van der Waals surface area contributed by atoms with Crippen LogP contribution in [-0.4, -0.2) is 121 Å². The Balaban J connectivity index is 0.000000236. The van der Waals surface area contributed by atoms with Gasteiger partial charge in [-0.1, -0.05) is 11.6 Å². The lowest BCUT2D eigenvalue weighted by Crippen LogP contribution is -2.11. The van der Waals surface area contributed by atoms with Crippen molar-refractivity contribution in [3.63, 3.8) is 0 Å². The second-order valence-electron chi connectivity index (χ2n) is 17.8. The number of rotatable bonds is 22. The summed E-state index contributed by atoms with van der Waals surface area (Å²) in [5.41, 5.74) is 12.9. The largest absolute Gasteiger partial charge is 0.506 e. The van der Waals surface area contributed by atoms with Crippen molar-refractivity contribution in [2.45, 2.75) is 0 Å². The zero-order chi connectivity index (χ0) is 72.8. The molecule has 0 unspecified atom stereocenters. The van der Waals surface area contributed by atoms with Crippen LogP contribution < -0.4 is 39.9 Å². The van der Waals surface area contributed by atoms with Crippen LogP contribution in [0.25, 0.3) is 22.2 Å². The SMILES string of the molecule is COc1cc(/C(Cl)=C(\C#N)C(=O)c2cscn2)cc([N+](=O)[O-])c1OC.COc1cc(/C(N)=C(\C#N)C(=O)c2cscn2)cc([N+](=O)[O-])c1OC.COc1cc(/C(O)=C(\C#N)C(=O)c2cscn2)cc([N+](=O)[O-])c1OC.N#C/C(C(=O)c1cscn1)=C(/N)c1cc(O)c(O)c([N+](=O)[O-])c1. The number of phenols is 2. The highest BCUT2D eigenvalue weighted by Crippen LogP contribution is 2.44. The van der Waals surface area contributed by atoms with E-state index in [1.54, 1.807) is 24.3 Å². The van der Waals surface area contributed by atoms with Crippen molar-refractivity contribution in [2.24, 2.45) is 11.5 Å². The molecule has 4 aromatic carbocycles. The van der Waals surface area contributed by atoms with Gasteiger partial charge in [0.1, 0.15) is 75.1 Å². The molecule has 0 bridgehead atoms. The Kier molecular flexibility index (Phi) is 26.6. The zero-order valence-electron chi connectivity index (χ0n) is 50.5. The topological polar surface area (TPSA) is 556 Å². The summed E-state index contributed by atoms with van der Waals surface area (Å²) in [6, 6.07) is 15.6. The summed E-state index contributed by atoms with van der Waals surface area (Å²) < 4.78 is 30.1. The van der Waals surface area contributed by atoms with E-state index in [9.17, 15) is 90.7 Å². The number of nitrogens with two attached hydrogens (primary N) is 2. The summed E-state index contributed by atoms with van der Waals surface area (Å²) >= 11 is 10.9. The summed E-state index contributed by atoms with van der Waals surface area (Å²) in [7, 11) is 7.61. The van der Waals surface area contributed by atoms with Crippen LogP contribution in [0.4, 0.5) is 22.7 Å². The second kappa shape index (κ2) is 34.6. The summed E-state index contributed by atoms with van der Waals surface area (Å²) in [6.45, 7) is 0. The monoisotopic (exact) mass is 1430 g/mol. The Morgan fingerprint density at radius 2 is 0.735 bits per heavy atom. The van der Waals surface area contributed by atoms with Crippen molar-refractivity contribution in [2.75, 3.05) is 42.7 Å². The van der Waals surface area contributed by atoms with Crippen molar-refractivity contribution in [3.05, 3.63) is 200 Å². The fourth-order valence-electron chi connectivity index (χ4n) is 7.82. The van der Waals surface area contributed by atoms with Crippen molar-refractivity contribution < 1.29 is 82.6 Å². The number of carbonyl (C=O) groups is 4. The Hall–Kier alpha value is -13.3. The van der Waals surface area contributed by atoms with Gasteiger partial charge >= 0.3 is 22.7 Å². The molecule has 500 valence electrons. The van der Waals surface area contributed by atoms with Gasteiger partial charge in [-0.25, -0.2) is 19.9 Å². The Bertz CT molecular complexity index is 4400. The lowest BCUT2D eigenvalue weighted by atomic mass is 10.0. The van der Waals surface area contributed by atoms with Gasteiger partial charge in [0, 0.05) is 68.0 Å². The maximum Gasteiger partial charge on any atom is 0.315 e. The molecule has 0 spiro atoms. The highest BCUT2D eigenvalue weighted by atomic mass is 35.5. The predicted molar refractivity (Wildman–Crippen MR) is 348 cm³/mol. The van der Waals surface area contributed by atoms with Gasteiger partial charge in [-0.3, -0.25) is 59.6 Å². The molecule has 0 aliphatic heterocycles. The van der Waals surface area contributed by atoms with E-state index in [0.29, 0.717) is 0 Å². The Labute approximate surface area is 569 Å². The number of Topliss-reactive ketones (excluding diaryl/α,β-unsaturated/α-hetero) is 4. The third-order valence-electron chi connectivity index (χ3n) is 12.4. The summed E-state index contributed by atoms with van der Waals surface area (Å²) in [5.74, 6) is -5.60. The normalized spacial score (nSPS) is 11.3. The van der Waals surface area contributed by atoms with E-state index in [4.69, 9.17) is 56.8 Å². The first-order chi connectivity index (χ1) is 46.7. The highest BCUT2D eigenvalue weighted by Gasteiger charge is 2.30. The molecule has 0 amide bonds. The van der Waals surface area contributed by atoms with Crippen molar-refractivity contribution in [3.8, 4) is 70.3 Å². The molecule has 8 rings (SSSR count). The number of nitrogens with zero attached hydrogens (tertiary/aromatic N) is 12. The number of phenolic OH excluding ortho intramolecular Hbond substituents is 2. The van der Waals surface area contributed by atoms with Gasteiger partial charge in [0.2, 0.25) is 46.1 Å². The maximum absolute atomic E-state index is 12.3. The highest BCUT2D eigenvalue weighted by molar-refractivity contribution is 7.08. The molecule has 0 aliphatic carbocycles. The lowest BCUT2D eigenvalue weighted by Gasteiger charge is -2.11. The van der Waals surface area contributed by atoms with Crippen LogP contribution in [0.2, 0.25) is 0 Å². The summed E-state index contributed by atoms with van der Waals surface area (Å²) in [5, 5.41) is 116. The van der Waals surface area contributed by atoms with Gasteiger partial charge < -0.3 is 55.2 Å². The van der Waals surface area contributed by atoms with Gasteiger partial charge in [-0.15, -0.1) is 45.3 Å². The number of aromatic nitrogens is 4. The van der Waals surface area contributed by atoms with Gasteiger partial charge in [0.15, 0.2) is 23.0 Å². The fourth-order valence-corrected chi connectivity index (χ4v) is 10.2. The first kappa shape index (κ1) is 75.4. The van der Waals surface area contributed by atoms with Gasteiger partial charge in [-0.05, 0) is 24.3 Å². The molecule has 8 aromatic rings. The molecule has 7 N–H and O–H groups in total. The van der Waals surface area contributed by atoms with Crippen LogP contribution in [0, 0.1) is 85.8 Å². The molecule has 98 heavy (non-hydrogen) atoms. The number of nitro benzene ring substituents is 4. The molecule has 0 saturated carbocycles. The molecular weight excluding hydrogens is 1390 g/mol. The quantitative estimate of drug-likeness (QED) is 0.00801. The zero-order valence-corrected chi connectivity index (χ0v) is 54.5. The minimum absolute atomic E-state index is 0.00648. The fraction of sp³-hybridized carbons (Fsp3) is 0.103. The number of carbonyl (C=O) groups excluding carboxylic acids is 4. The molecule has 35 nitrogen and oxygen atoms in total. The molecule has 0 fully saturated rings. The summed E-state index contributed by atoms with van der Waals surface area (Å²) in [6.07, 6.45) is 0. The molecular formula is C58H41ClN14O21S4. The third kappa shape index (κ3) is 17.3. The van der Waals surface area contributed by atoms with Crippen LogP contribution in [-0.2, 0) is 0 Å². The minimum atomic E-state index is -0.934. The molecule has 0 radical (unpaired) electrons. The van der Waals surface area contributed by atoms with E-state index in [1.165, 1.54) is 127 Å². The van der Waals surface area contributed by atoms with E-state index in [0.717, 1.165) is 53.0 Å². The van der Waals surface area contributed by atoms with E-state index in [2.05, 4.69) is 19.9 Å². The van der Waals surface area contributed by atoms with Crippen LogP contribution in [0.5, 0.6) is 46.0 Å². The van der Waals surface area contributed by atoms with E-state index >= 15 is 0 Å². The Morgan fingerprint density at radius 1 is 0.449 bits per heavy atom. The number of thiazole rings is 4. The number of ether oxygens (including phenoxy) is 6. The van der Waals surface area contributed by atoms with Crippen molar-refractivity contribution in [1.29, 1.82) is 21.0 Å². The van der Waals surface area contributed by atoms with E-state index in [1.807, 2.05) is 0 Å². The third-order valence-corrected chi connectivity index (χ3v) is 15.1. The Morgan fingerprint density at radius 3 is 1.04 bits per heavy atom. The summed E-state index contributed by atoms with van der Waals surface area (Å²) in [4.78, 5) is 106. The van der Waals surface area contributed by atoms with Crippen LogP contribution in [0.3, 0.4) is 0 Å². The average Bonchev–Trinajstić information content (AvgIpc) is 0.846. The number of aromatic hydroxyl groups is 2. The number of aliphatic hydroxyl groups is 1. The number of nitriles is 4. The number of aliphatic hydroxyl groups excluding tert-OH is 1. The van der Waals surface area contributed by atoms with Gasteiger partial charge in [0.25, 0.3) is 0 Å². The van der Waals surface area contributed by atoms with Crippen LogP contribution in [0.15, 0.2) is 114 Å². The van der Waals surface area contributed by atoms with Gasteiger partial charge in [-0.2, -0.15) is 21.0 Å². The second-order valence-corrected chi connectivity index (χ2v) is 21.1. The van der Waals surface area contributed by atoms with Crippen molar-refractivity contribution >= 4 is 125 Å². The molecule has 0 saturated heterocycles. The van der Waals surface area contributed by atoms with Crippen LogP contribution >= 0.6 is 56.9 Å². The number of ketones is 4. The molecule has 0 aliphatic rings. The first-order valence-corrected chi connectivity index (χ1v) is 29.9. The number of allylic oxidation sites excluding steroid dienone is 4. The van der Waals surface area contributed by atoms with E-state index < -0.39 is 94.0 Å². The molecule has 0 atom stereocenters. The van der Waals surface area contributed by atoms with Crippen LogP contribution in [0.1, 0.15) is 64.2 Å². The minimum Gasteiger partial charge on any atom is -0.506 e. The van der Waals surface area contributed by atoms with Gasteiger partial charge in [0.05, 0.1) is 101 Å². The predicted octanol–water partition coefficient (Wildman–Crippen LogP) is 9.85. The van der Waals surface area contributed by atoms with E-state index in [-0.39, 0.29) is 107 Å². The van der Waals surface area contributed by atoms with Crippen molar-refractivity contribution in [1.82, 2.24) is 19.9 Å². The average molecular weight is 1430 g/mol. The standard InChI is InChI=1S/C15H10ClN3O5S.C15H12N4O5S.C15H11N3O6S.C13H8N4O5S/c1-23-12-4-8(3-11(19(21)22)15(12)24-2)13(16)9(5-17)14(20)10-6-25-7-18-10;1-23-12-4-8(3-11(19(21)22)15(12)24-2)13(17)9(5-16)14(20)10-6-25-7-18-10;1-23-12-4-8(3-11(18(21)22)15(12)24-2)13(19)9(5-16)14(20)10-6-25-7-17-10;14-3-7(12(19)8-4-23-5-16-8)11(15)6-1-9(17(21)22)13(20)10(18)2-6/h3-4,6-7H,1-2H3;3-4,6-7H,17H2,1-2H3;3-4,6-7,19H,1-2H3;1-2,4-5,18,20H,15H2/b3*13-9-;11-7-. The number of benzene rings is 4. The smallest absolute Gasteiger partial charge is 0.315 e. The maximum atomic E-state index is 12.3. The number of hydrogen-bond acceptors (Lipinski definition) is 35. The number of nitro groups is 4.